The van der Waals surface area contributed by atoms with Gasteiger partial charge < -0.3 is 14.2 Å². The molecule has 1 aromatic carbocycles. The molecule has 126 valence electrons. The Bertz CT molecular complexity index is 756. The molecule has 0 unspecified atom stereocenters. The molecule has 1 aliphatic heterocycles. The average molecular weight is 330 g/mol. The summed E-state index contributed by atoms with van der Waals surface area (Å²) in [6.07, 6.45) is 2.14. The summed E-state index contributed by atoms with van der Waals surface area (Å²) in [6.45, 7) is 3.63. The van der Waals surface area contributed by atoms with Crippen molar-refractivity contribution in [2.45, 2.75) is 13.3 Å². The fraction of sp³-hybridized carbons (Fsp3) is 0.333. The number of benzene rings is 1. The normalized spacial score (nSPS) is 15.2. The summed E-state index contributed by atoms with van der Waals surface area (Å²) in [6, 6.07) is 7.71. The first-order valence-corrected chi connectivity index (χ1v) is 7.95. The largest absolute Gasteiger partial charge is 0.459 e. The topological polar surface area (TPSA) is 53.8 Å². The third-order valence-electron chi connectivity index (χ3n) is 4.23. The van der Waals surface area contributed by atoms with Crippen molar-refractivity contribution in [1.29, 1.82) is 0 Å². The standard InChI is InChI=1S/C18H19FN2O3/c1-13-7-12-24-16(13)18(23)21-9-4-8-20(10-11-21)17(22)14-5-2-3-6-15(14)19/h2-3,5-7,12H,4,8-11H2,1H3. The predicted octanol–water partition coefficient (Wildman–Crippen LogP) is 2.72. The summed E-state index contributed by atoms with van der Waals surface area (Å²) in [5.74, 6) is -0.691. The lowest BCUT2D eigenvalue weighted by molar-refractivity contribution is 0.0697. The second-order valence-electron chi connectivity index (χ2n) is 5.85. The quantitative estimate of drug-likeness (QED) is 0.851. The fourth-order valence-electron chi connectivity index (χ4n) is 2.86. The first kappa shape index (κ1) is 16.2. The Morgan fingerprint density at radius 1 is 1.00 bits per heavy atom. The molecule has 0 radical (unpaired) electrons. The molecular weight excluding hydrogens is 311 g/mol. The van der Waals surface area contributed by atoms with Crippen LogP contribution < -0.4 is 0 Å². The van der Waals surface area contributed by atoms with Crippen LogP contribution in [0.2, 0.25) is 0 Å². The van der Waals surface area contributed by atoms with E-state index in [-0.39, 0.29) is 17.4 Å². The lowest BCUT2D eigenvalue weighted by Gasteiger charge is -2.22. The Morgan fingerprint density at radius 2 is 1.67 bits per heavy atom. The van der Waals surface area contributed by atoms with Gasteiger partial charge in [-0.15, -0.1) is 0 Å². The van der Waals surface area contributed by atoms with Crippen LogP contribution in [0.25, 0.3) is 0 Å². The summed E-state index contributed by atoms with van der Waals surface area (Å²) < 4.78 is 19.1. The number of carbonyl (C=O) groups excluding carboxylic acids is 2. The van der Waals surface area contributed by atoms with Crippen LogP contribution in [0, 0.1) is 12.7 Å². The molecular formula is C18H19FN2O3. The third kappa shape index (κ3) is 3.18. The van der Waals surface area contributed by atoms with Crippen molar-refractivity contribution >= 4 is 11.8 Å². The highest BCUT2D eigenvalue weighted by Crippen LogP contribution is 2.16. The van der Waals surface area contributed by atoms with E-state index in [1.807, 2.05) is 6.92 Å². The fourth-order valence-corrected chi connectivity index (χ4v) is 2.86. The van der Waals surface area contributed by atoms with Crippen molar-refractivity contribution < 1.29 is 18.4 Å². The minimum atomic E-state index is -0.522. The minimum Gasteiger partial charge on any atom is -0.459 e. The Morgan fingerprint density at radius 3 is 2.29 bits per heavy atom. The van der Waals surface area contributed by atoms with Gasteiger partial charge in [0, 0.05) is 31.7 Å². The van der Waals surface area contributed by atoms with E-state index in [0.717, 1.165) is 5.56 Å². The summed E-state index contributed by atoms with van der Waals surface area (Å²) in [4.78, 5) is 28.3. The van der Waals surface area contributed by atoms with Crippen molar-refractivity contribution in [2.75, 3.05) is 26.2 Å². The molecule has 0 atom stereocenters. The molecule has 0 aliphatic carbocycles. The molecule has 1 aliphatic rings. The van der Waals surface area contributed by atoms with Gasteiger partial charge in [-0.3, -0.25) is 9.59 Å². The van der Waals surface area contributed by atoms with Gasteiger partial charge in [0.25, 0.3) is 11.8 Å². The zero-order valence-electron chi connectivity index (χ0n) is 13.5. The van der Waals surface area contributed by atoms with E-state index in [1.54, 1.807) is 28.0 Å². The molecule has 24 heavy (non-hydrogen) atoms. The third-order valence-corrected chi connectivity index (χ3v) is 4.23. The number of rotatable bonds is 2. The molecule has 1 fully saturated rings. The molecule has 2 aromatic rings. The van der Waals surface area contributed by atoms with E-state index in [0.29, 0.717) is 38.4 Å². The smallest absolute Gasteiger partial charge is 0.289 e. The lowest BCUT2D eigenvalue weighted by atomic mass is 10.2. The monoisotopic (exact) mass is 330 g/mol. The Balaban J connectivity index is 1.69. The Hall–Kier alpha value is -2.63. The van der Waals surface area contributed by atoms with E-state index >= 15 is 0 Å². The molecule has 5 nitrogen and oxygen atoms in total. The highest BCUT2D eigenvalue weighted by Gasteiger charge is 2.26. The van der Waals surface area contributed by atoms with Crippen LogP contribution in [0.15, 0.2) is 41.0 Å². The van der Waals surface area contributed by atoms with Crippen molar-refractivity contribution in [3.63, 3.8) is 0 Å². The number of hydrogen-bond donors (Lipinski definition) is 0. The SMILES string of the molecule is Cc1ccoc1C(=O)N1CCCN(C(=O)c2ccccc2F)CC1. The van der Waals surface area contributed by atoms with Crippen LogP contribution in [0.3, 0.4) is 0 Å². The van der Waals surface area contributed by atoms with E-state index < -0.39 is 5.82 Å². The maximum absolute atomic E-state index is 13.8. The number of halogens is 1. The van der Waals surface area contributed by atoms with Gasteiger partial charge >= 0.3 is 0 Å². The number of amides is 2. The van der Waals surface area contributed by atoms with Crippen LogP contribution in [0.5, 0.6) is 0 Å². The van der Waals surface area contributed by atoms with Crippen LogP contribution in [0.1, 0.15) is 32.9 Å². The second-order valence-corrected chi connectivity index (χ2v) is 5.85. The number of carbonyl (C=O) groups is 2. The number of aryl methyl sites for hydroxylation is 1. The van der Waals surface area contributed by atoms with Crippen molar-refractivity contribution in [3.05, 3.63) is 59.3 Å². The molecule has 2 heterocycles. The first-order chi connectivity index (χ1) is 11.6. The maximum Gasteiger partial charge on any atom is 0.289 e. The zero-order chi connectivity index (χ0) is 17.1. The number of nitrogens with zero attached hydrogens (tertiary/aromatic N) is 2. The van der Waals surface area contributed by atoms with E-state index in [4.69, 9.17) is 4.42 Å². The molecule has 3 rings (SSSR count). The van der Waals surface area contributed by atoms with Gasteiger partial charge in [0.05, 0.1) is 11.8 Å². The predicted molar refractivity (Wildman–Crippen MR) is 86.3 cm³/mol. The van der Waals surface area contributed by atoms with Gasteiger partial charge in [-0.05, 0) is 31.5 Å². The van der Waals surface area contributed by atoms with Crippen LogP contribution in [-0.2, 0) is 0 Å². The van der Waals surface area contributed by atoms with E-state index in [2.05, 4.69) is 0 Å². The molecule has 0 bridgehead atoms. The number of furan rings is 1. The number of hydrogen-bond acceptors (Lipinski definition) is 3. The van der Waals surface area contributed by atoms with Crippen LogP contribution in [-0.4, -0.2) is 47.8 Å². The summed E-state index contributed by atoms with van der Waals surface area (Å²) in [7, 11) is 0. The highest BCUT2D eigenvalue weighted by molar-refractivity contribution is 5.95. The maximum atomic E-state index is 13.8. The molecule has 2 amide bonds. The minimum absolute atomic E-state index is 0.0687. The average Bonchev–Trinajstić information content (AvgIpc) is 2.86. The Labute approximate surface area is 139 Å². The van der Waals surface area contributed by atoms with E-state index in [9.17, 15) is 14.0 Å². The molecule has 0 N–H and O–H groups in total. The van der Waals surface area contributed by atoms with Gasteiger partial charge in [0.2, 0.25) is 0 Å². The van der Waals surface area contributed by atoms with Crippen molar-refractivity contribution in [3.8, 4) is 0 Å². The summed E-state index contributed by atoms with van der Waals surface area (Å²) >= 11 is 0. The molecule has 0 saturated carbocycles. The zero-order valence-corrected chi connectivity index (χ0v) is 13.5. The Kier molecular flexibility index (Phi) is 4.64. The van der Waals surface area contributed by atoms with E-state index in [1.165, 1.54) is 18.4 Å². The van der Waals surface area contributed by atoms with Crippen molar-refractivity contribution in [1.82, 2.24) is 9.80 Å². The molecule has 0 spiro atoms. The van der Waals surface area contributed by atoms with Crippen LogP contribution in [0.4, 0.5) is 4.39 Å². The first-order valence-electron chi connectivity index (χ1n) is 7.95. The van der Waals surface area contributed by atoms with Crippen molar-refractivity contribution in [2.24, 2.45) is 0 Å². The molecule has 1 aromatic heterocycles. The summed E-state index contributed by atoms with van der Waals surface area (Å²) in [5.41, 5.74) is 0.864. The highest BCUT2D eigenvalue weighted by atomic mass is 19.1. The van der Waals surface area contributed by atoms with Gasteiger partial charge in [0.1, 0.15) is 5.82 Å². The van der Waals surface area contributed by atoms with Crippen LogP contribution >= 0.6 is 0 Å². The molecule has 6 heteroatoms. The van der Waals surface area contributed by atoms with Gasteiger partial charge in [-0.25, -0.2) is 4.39 Å². The van der Waals surface area contributed by atoms with Gasteiger partial charge in [-0.1, -0.05) is 12.1 Å². The lowest BCUT2D eigenvalue weighted by Crippen LogP contribution is -2.37. The molecule has 1 saturated heterocycles. The van der Waals surface area contributed by atoms with Gasteiger partial charge in [0.15, 0.2) is 5.76 Å². The second kappa shape index (κ2) is 6.86. The summed E-state index contributed by atoms with van der Waals surface area (Å²) in [5, 5.41) is 0. The van der Waals surface area contributed by atoms with Gasteiger partial charge in [-0.2, -0.15) is 0 Å².